The zero-order chi connectivity index (χ0) is 20.4. The maximum absolute atomic E-state index is 12.4. The molecule has 0 aliphatic rings. The van der Waals surface area contributed by atoms with Gasteiger partial charge in [-0.25, -0.2) is 4.79 Å². The van der Waals surface area contributed by atoms with Crippen molar-refractivity contribution in [2.24, 2.45) is 0 Å². The lowest BCUT2D eigenvalue weighted by Gasteiger charge is -2.11. The van der Waals surface area contributed by atoms with Gasteiger partial charge in [-0.2, -0.15) is 0 Å². The molecular weight excluding hydrogens is 428 g/mol. The molecule has 0 spiro atoms. The number of anilines is 1. The van der Waals surface area contributed by atoms with E-state index in [1.165, 1.54) is 11.3 Å². The van der Waals surface area contributed by atoms with E-state index >= 15 is 0 Å². The molecule has 29 heavy (non-hydrogen) atoms. The summed E-state index contributed by atoms with van der Waals surface area (Å²) in [4.78, 5) is 25.0. The summed E-state index contributed by atoms with van der Waals surface area (Å²) in [6, 6.07) is 17.6. The lowest BCUT2D eigenvalue weighted by Crippen LogP contribution is -2.33. The van der Waals surface area contributed by atoms with Crippen LogP contribution in [-0.4, -0.2) is 11.0 Å². The summed E-state index contributed by atoms with van der Waals surface area (Å²) in [7, 11) is 0. The molecule has 4 aromatic rings. The van der Waals surface area contributed by atoms with Crippen molar-refractivity contribution in [3.8, 4) is 11.1 Å². The first-order valence-electron chi connectivity index (χ1n) is 8.50. The number of carbonyl (C=O) groups excluding carboxylic acids is 1. The average Bonchev–Trinajstić information content (AvgIpc) is 3.23. The number of thiophene rings is 1. The highest BCUT2D eigenvalue weighted by atomic mass is 35.5. The van der Waals surface area contributed by atoms with Crippen LogP contribution in [0.2, 0.25) is 5.02 Å². The molecule has 2 aromatic carbocycles. The first kappa shape index (κ1) is 19.3. The van der Waals surface area contributed by atoms with Gasteiger partial charge >= 0.3 is 5.63 Å². The predicted octanol–water partition coefficient (Wildman–Crippen LogP) is 5.30. The summed E-state index contributed by atoms with van der Waals surface area (Å²) in [5.41, 5.74) is 1.55. The summed E-state index contributed by atoms with van der Waals surface area (Å²) in [5, 5.41) is 8.64. The van der Waals surface area contributed by atoms with E-state index in [-0.39, 0.29) is 11.0 Å². The van der Waals surface area contributed by atoms with E-state index in [0.29, 0.717) is 32.3 Å². The van der Waals surface area contributed by atoms with Crippen molar-refractivity contribution in [2.45, 2.75) is 0 Å². The average molecular weight is 441 g/mol. The SMILES string of the molecule is O=C(NC(=S)Nc1ccc(-c2cc3ccccc3oc2=O)c(Cl)c1)c1cccs1. The Bertz CT molecular complexity index is 1280. The minimum absolute atomic E-state index is 0.150. The number of amides is 1. The van der Waals surface area contributed by atoms with Crippen molar-refractivity contribution in [3.63, 3.8) is 0 Å². The monoisotopic (exact) mass is 440 g/mol. The van der Waals surface area contributed by atoms with E-state index in [0.717, 1.165) is 5.39 Å². The van der Waals surface area contributed by atoms with Gasteiger partial charge in [0.05, 0.1) is 15.5 Å². The number of rotatable bonds is 3. The Kier molecular flexibility index (Phi) is 5.44. The van der Waals surface area contributed by atoms with E-state index in [4.69, 9.17) is 28.2 Å². The highest BCUT2D eigenvalue weighted by molar-refractivity contribution is 7.80. The number of nitrogens with one attached hydrogen (secondary N) is 2. The van der Waals surface area contributed by atoms with Gasteiger partial charge < -0.3 is 9.73 Å². The second kappa shape index (κ2) is 8.16. The number of thiocarbonyl (C=S) groups is 1. The Morgan fingerprint density at radius 1 is 1.03 bits per heavy atom. The van der Waals surface area contributed by atoms with Crippen LogP contribution in [0.4, 0.5) is 5.69 Å². The quantitative estimate of drug-likeness (QED) is 0.334. The summed E-state index contributed by atoms with van der Waals surface area (Å²) in [6.07, 6.45) is 0. The fraction of sp³-hybridized carbons (Fsp3) is 0. The minimum Gasteiger partial charge on any atom is -0.422 e. The summed E-state index contributed by atoms with van der Waals surface area (Å²) < 4.78 is 5.38. The van der Waals surface area contributed by atoms with Gasteiger partial charge in [0.15, 0.2) is 5.11 Å². The third-order valence-corrected chi connectivity index (χ3v) is 5.52. The van der Waals surface area contributed by atoms with Crippen molar-refractivity contribution in [3.05, 3.63) is 86.4 Å². The van der Waals surface area contributed by atoms with Gasteiger partial charge in [-0.3, -0.25) is 10.1 Å². The maximum atomic E-state index is 12.4. The van der Waals surface area contributed by atoms with Crippen LogP contribution < -0.4 is 16.3 Å². The Morgan fingerprint density at radius 3 is 2.62 bits per heavy atom. The van der Waals surface area contributed by atoms with Crippen molar-refractivity contribution >= 4 is 62.8 Å². The van der Waals surface area contributed by atoms with Crippen LogP contribution in [0.1, 0.15) is 9.67 Å². The molecule has 0 fully saturated rings. The second-order valence-electron chi connectivity index (χ2n) is 6.07. The molecule has 0 saturated carbocycles. The molecule has 4 rings (SSSR count). The highest BCUT2D eigenvalue weighted by Gasteiger charge is 2.13. The number of para-hydroxylation sites is 1. The van der Waals surface area contributed by atoms with Crippen LogP contribution in [0, 0.1) is 0 Å². The number of hydrogen-bond donors (Lipinski definition) is 2. The summed E-state index contributed by atoms with van der Waals surface area (Å²) in [5.74, 6) is -0.283. The molecule has 0 aliphatic carbocycles. The van der Waals surface area contributed by atoms with Crippen LogP contribution in [0.25, 0.3) is 22.1 Å². The van der Waals surface area contributed by atoms with Crippen LogP contribution in [0.15, 0.2) is 75.3 Å². The number of hydrogen-bond acceptors (Lipinski definition) is 5. The molecule has 0 saturated heterocycles. The lowest BCUT2D eigenvalue weighted by molar-refractivity contribution is 0.0981. The second-order valence-corrected chi connectivity index (χ2v) is 7.83. The molecule has 0 aliphatic heterocycles. The molecule has 2 aromatic heterocycles. The Morgan fingerprint density at radius 2 is 1.86 bits per heavy atom. The standard InChI is InChI=1S/C21H13ClN2O3S2/c22-16-11-13(23-21(28)24-19(25)18-6-3-9-29-18)7-8-14(16)15-10-12-4-1-2-5-17(12)27-20(15)26/h1-11H,(H2,23,24,25,28). The first-order chi connectivity index (χ1) is 14.0. The Balaban J connectivity index is 1.55. The third kappa shape index (κ3) is 4.22. The molecule has 2 N–H and O–H groups in total. The molecule has 0 radical (unpaired) electrons. The van der Waals surface area contributed by atoms with Gasteiger partial charge in [0, 0.05) is 16.6 Å². The Hall–Kier alpha value is -3.00. The topological polar surface area (TPSA) is 71.3 Å². The zero-order valence-electron chi connectivity index (χ0n) is 14.8. The van der Waals surface area contributed by atoms with Gasteiger partial charge in [-0.1, -0.05) is 41.9 Å². The van der Waals surface area contributed by atoms with Crippen LogP contribution in [-0.2, 0) is 0 Å². The van der Waals surface area contributed by atoms with Crippen LogP contribution in [0.5, 0.6) is 0 Å². The normalized spacial score (nSPS) is 10.7. The largest absolute Gasteiger partial charge is 0.422 e. The van der Waals surface area contributed by atoms with Crippen molar-refractivity contribution in [2.75, 3.05) is 5.32 Å². The van der Waals surface area contributed by atoms with E-state index in [2.05, 4.69) is 10.6 Å². The zero-order valence-corrected chi connectivity index (χ0v) is 17.2. The Labute approximate surface area is 179 Å². The maximum Gasteiger partial charge on any atom is 0.344 e. The molecular formula is C21H13ClN2O3S2. The molecule has 1 amide bonds. The van der Waals surface area contributed by atoms with E-state index in [1.54, 1.807) is 48.5 Å². The van der Waals surface area contributed by atoms with E-state index in [1.807, 2.05) is 17.5 Å². The van der Waals surface area contributed by atoms with Gasteiger partial charge in [0.25, 0.3) is 5.91 Å². The van der Waals surface area contributed by atoms with Gasteiger partial charge in [-0.05, 0) is 47.9 Å². The van der Waals surface area contributed by atoms with Gasteiger partial charge in [0.1, 0.15) is 5.58 Å². The number of fused-ring (bicyclic) bond motifs is 1. The lowest BCUT2D eigenvalue weighted by atomic mass is 10.1. The fourth-order valence-corrected chi connectivity index (χ4v) is 3.91. The number of benzene rings is 2. The molecule has 144 valence electrons. The van der Waals surface area contributed by atoms with Crippen LogP contribution in [0.3, 0.4) is 0 Å². The minimum atomic E-state index is -0.468. The predicted molar refractivity (Wildman–Crippen MR) is 121 cm³/mol. The molecule has 2 heterocycles. The summed E-state index contributed by atoms with van der Waals surface area (Å²) in [6.45, 7) is 0. The molecule has 8 heteroatoms. The highest BCUT2D eigenvalue weighted by Crippen LogP contribution is 2.30. The van der Waals surface area contributed by atoms with Crippen molar-refractivity contribution < 1.29 is 9.21 Å². The smallest absolute Gasteiger partial charge is 0.344 e. The van der Waals surface area contributed by atoms with Crippen LogP contribution >= 0.6 is 35.2 Å². The fourth-order valence-electron chi connectivity index (χ4n) is 2.80. The number of carbonyl (C=O) groups is 1. The number of halogens is 1. The molecule has 0 bridgehead atoms. The third-order valence-electron chi connectivity index (χ3n) is 4.13. The first-order valence-corrected chi connectivity index (χ1v) is 10.2. The van der Waals surface area contributed by atoms with E-state index in [9.17, 15) is 9.59 Å². The van der Waals surface area contributed by atoms with Gasteiger partial charge in [0.2, 0.25) is 0 Å². The van der Waals surface area contributed by atoms with Gasteiger partial charge in [-0.15, -0.1) is 11.3 Å². The van der Waals surface area contributed by atoms with Crippen molar-refractivity contribution in [1.29, 1.82) is 0 Å². The molecule has 0 atom stereocenters. The van der Waals surface area contributed by atoms with Crippen molar-refractivity contribution in [1.82, 2.24) is 5.32 Å². The molecule has 5 nitrogen and oxygen atoms in total. The summed E-state index contributed by atoms with van der Waals surface area (Å²) >= 11 is 12.9. The molecule has 0 unspecified atom stereocenters. The van der Waals surface area contributed by atoms with E-state index < -0.39 is 5.63 Å².